The summed E-state index contributed by atoms with van der Waals surface area (Å²) in [4.78, 5) is 30.3. The Morgan fingerprint density at radius 1 is 0.812 bits per heavy atom. The molecule has 3 rings (SSSR count). The Morgan fingerprint density at radius 3 is 1.78 bits per heavy atom. The van der Waals surface area contributed by atoms with Crippen molar-refractivity contribution in [3.8, 4) is 0 Å². The molecule has 0 aromatic heterocycles. The van der Waals surface area contributed by atoms with E-state index in [1.54, 1.807) is 6.92 Å². The Bertz CT molecular complexity index is 992. The zero-order valence-electron chi connectivity index (χ0n) is 18.3. The molecule has 0 aliphatic heterocycles. The van der Waals surface area contributed by atoms with Gasteiger partial charge >= 0.3 is 11.9 Å². The van der Waals surface area contributed by atoms with Crippen LogP contribution in [-0.2, 0) is 19.1 Å². The number of carbonyl (C=O) groups is 2. The first-order valence-electron chi connectivity index (χ1n) is 10.6. The molecule has 3 aromatic carbocycles. The molecule has 0 radical (unpaired) electrons. The number of hydrogen-bond acceptors (Lipinski definition) is 5. The number of aliphatic imine (C=N–C) groups is 1. The van der Waals surface area contributed by atoms with Crippen LogP contribution < -0.4 is 0 Å². The normalized spacial score (nSPS) is 12.3. The van der Waals surface area contributed by atoms with E-state index in [9.17, 15) is 9.59 Å². The lowest BCUT2D eigenvalue weighted by molar-refractivity contribution is -0.145. The molecule has 0 heterocycles. The summed E-state index contributed by atoms with van der Waals surface area (Å²) < 4.78 is 10.3. The SMILES string of the molecule is CCOC(=O)CC(c1ccccc1)[C@H](N=C(c1ccccc1)c1ccccc1)C(=O)OC. The fourth-order valence-corrected chi connectivity index (χ4v) is 3.59. The Kier molecular flexibility index (Phi) is 8.32. The Hall–Kier alpha value is -3.73. The van der Waals surface area contributed by atoms with E-state index in [-0.39, 0.29) is 19.0 Å². The van der Waals surface area contributed by atoms with Gasteiger partial charge in [0.1, 0.15) is 0 Å². The van der Waals surface area contributed by atoms with E-state index in [1.807, 2.05) is 91.0 Å². The largest absolute Gasteiger partial charge is 0.467 e. The van der Waals surface area contributed by atoms with Crippen molar-refractivity contribution in [2.45, 2.75) is 25.3 Å². The molecular formula is C27H27NO4. The molecule has 0 amide bonds. The van der Waals surface area contributed by atoms with Crippen LogP contribution in [0, 0.1) is 0 Å². The summed E-state index contributed by atoms with van der Waals surface area (Å²) in [7, 11) is 1.34. The van der Waals surface area contributed by atoms with Gasteiger partial charge in [-0.2, -0.15) is 0 Å². The molecule has 1 unspecified atom stereocenters. The van der Waals surface area contributed by atoms with Crippen LogP contribution in [0.5, 0.6) is 0 Å². The van der Waals surface area contributed by atoms with Crippen molar-refractivity contribution in [3.05, 3.63) is 108 Å². The predicted octanol–water partition coefficient (Wildman–Crippen LogP) is 4.80. The molecule has 5 nitrogen and oxygen atoms in total. The molecule has 0 fully saturated rings. The highest BCUT2D eigenvalue weighted by Crippen LogP contribution is 2.29. The number of methoxy groups -OCH3 is 1. The summed E-state index contributed by atoms with van der Waals surface area (Å²) in [6.45, 7) is 2.03. The highest BCUT2D eigenvalue weighted by Gasteiger charge is 2.33. The van der Waals surface area contributed by atoms with Crippen molar-refractivity contribution in [1.82, 2.24) is 0 Å². The molecule has 0 N–H and O–H groups in total. The second-order valence-corrected chi connectivity index (χ2v) is 7.20. The number of esters is 2. The number of ether oxygens (including phenoxy) is 2. The van der Waals surface area contributed by atoms with Crippen LogP contribution in [-0.4, -0.2) is 37.4 Å². The molecule has 32 heavy (non-hydrogen) atoms. The molecule has 0 spiro atoms. The van der Waals surface area contributed by atoms with Gasteiger partial charge in [-0.1, -0.05) is 91.0 Å². The first-order valence-corrected chi connectivity index (χ1v) is 10.6. The van der Waals surface area contributed by atoms with E-state index >= 15 is 0 Å². The van der Waals surface area contributed by atoms with Crippen LogP contribution in [0.3, 0.4) is 0 Å². The minimum Gasteiger partial charge on any atom is -0.467 e. The zero-order chi connectivity index (χ0) is 22.8. The molecule has 0 saturated heterocycles. The zero-order valence-corrected chi connectivity index (χ0v) is 18.3. The fraction of sp³-hybridized carbons (Fsp3) is 0.222. The smallest absolute Gasteiger partial charge is 0.331 e. The van der Waals surface area contributed by atoms with E-state index in [2.05, 4.69) is 0 Å². The summed E-state index contributed by atoms with van der Waals surface area (Å²) in [5, 5.41) is 0. The molecule has 0 saturated carbocycles. The number of hydrogen-bond donors (Lipinski definition) is 0. The van der Waals surface area contributed by atoms with Crippen LogP contribution in [0.1, 0.15) is 36.0 Å². The molecule has 3 aromatic rings. The van der Waals surface area contributed by atoms with Crippen LogP contribution in [0.2, 0.25) is 0 Å². The first kappa shape index (κ1) is 22.9. The molecule has 164 valence electrons. The third-order valence-electron chi connectivity index (χ3n) is 5.11. The number of rotatable bonds is 9. The highest BCUT2D eigenvalue weighted by atomic mass is 16.5. The van der Waals surface area contributed by atoms with Crippen molar-refractivity contribution >= 4 is 17.7 Å². The van der Waals surface area contributed by atoms with Crippen LogP contribution >= 0.6 is 0 Å². The van der Waals surface area contributed by atoms with Crippen molar-refractivity contribution in [2.75, 3.05) is 13.7 Å². The first-order chi connectivity index (χ1) is 15.6. The van der Waals surface area contributed by atoms with Gasteiger partial charge in [-0.25, -0.2) is 4.79 Å². The Balaban J connectivity index is 2.15. The molecule has 2 atom stereocenters. The van der Waals surface area contributed by atoms with Crippen LogP contribution in [0.4, 0.5) is 0 Å². The maximum atomic E-state index is 13.0. The summed E-state index contributed by atoms with van der Waals surface area (Å²) in [6.07, 6.45) is 0.0119. The molecular weight excluding hydrogens is 402 g/mol. The van der Waals surface area contributed by atoms with Crippen molar-refractivity contribution in [1.29, 1.82) is 0 Å². The number of nitrogens with zero attached hydrogens (tertiary/aromatic N) is 1. The standard InChI is InChI=1S/C27H27NO4/c1-3-32-24(29)19-23(20-13-7-4-8-14-20)26(27(30)31-2)28-25(21-15-9-5-10-16-21)22-17-11-6-12-18-22/h4-18,23,26H,3,19H2,1-2H3/t23?,26-/m0/s1. The lowest BCUT2D eigenvalue weighted by Gasteiger charge is -2.23. The van der Waals surface area contributed by atoms with Gasteiger partial charge < -0.3 is 9.47 Å². The van der Waals surface area contributed by atoms with E-state index in [0.29, 0.717) is 5.71 Å². The van der Waals surface area contributed by atoms with Gasteiger partial charge in [-0.05, 0) is 12.5 Å². The number of carbonyl (C=O) groups excluding carboxylic acids is 2. The fourth-order valence-electron chi connectivity index (χ4n) is 3.59. The summed E-state index contributed by atoms with van der Waals surface area (Å²) in [6, 6.07) is 27.8. The Morgan fingerprint density at radius 2 is 1.31 bits per heavy atom. The van der Waals surface area contributed by atoms with Gasteiger partial charge in [-0.15, -0.1) is 0 Å². The Labute approximate surface area is 188 Å². The second kappa shape index (κ2) is 11.6. The molecule has 0 bridgehead atoms. The molecule has 0 aliphatic rings. The number of benzene rings is 3. The maximum absolute atomic E-state index is 13.0. The van der Waals surface area contributed by atoms with E-state index in [1.165, 1.54) is 7.11 Å². The predicted molar refractivity (Wildman–Crippen MR) is 125 cm³/mol. The monoisotopic (exact) mass is 429 g/mol. The minimum absolute atomic E-state index is 0.0119. The summed E-state index contributed by atoms with van der Waals surface area (Å²) >= 11 is 0. The quantitative estimate of drug-likeness (QED) is 0.362. The van der Waals surface area contributed by atoms with Gasteiger partial charge in [0.25, 0.3) is 0 Å². The van der Waals surface area contributed by atoms with Crippen molar-refractivity contribution in [2.24, 2.45) is 4.99 Å². The van der Waals surface area contributed by atoms with Gasteiger partial charge in [0.05, 0.1) is 25.8 Å². The highest BCUT2D eigenvalue weighted by molar-refractivity contribution is 6.13. The van der Waals surface area contributed by atoms with Gasteiger partial charge in [-0.3, -0.25) is 9.79 Å². The van der Waals surface area contributed by atoms with Gasteiger partial charge in [0, 0.05) is 17.0 Å². The minimum atomic E-state index is -0.929. The molecule has 0 aliphatic carbocycles. The molecule has 5 heteroatoms. The third kappa shape index (κ3) is 5.91. The average molecular weight is 430 g/mol. The van der Waals surface area contributed by atoms with Crippen LogP contribution in [0.15, 0.2) is 96.0 Å². The van der Waals surface area contributed by atoms with E-state index in [4.69, 9.17) is 14.5 Å². The summed E-state index contributed by atoms with van der Waals surface area (Å²) in [5.74, 6) is -1.43. The lowest BCUT2D eigenvalue weighted by Crippen LogP contribution is -2.31. The van der Waals surface area contributed by atoms with Crippen molar-refractivity contribution < 1.29 is 19.1 Å². The second-order valence-electron chi connectivity index (χ2n) is 7.20. The van der Waals surface area contributed by atoms with Crippen molar-refractivity contribution in [3.63, 3.8) is 0 Å². The summed E-state index contributed by atoms with van der Waals surface area (Å²) in [5.41, 5.74) is 3.22. The average Bonchev–Trinajstić information content (AvgIpc) is 2.85. The van der Waals surface area contributed by atoms with E-state index < -0.39 is 17.9 Å². The van der Waals surface area contributed by atoms with E-state index in [0.717, 1.165) is 16.7 Å². The topological polar surface area (TPSA) is 65.0 Å². The van der Waals surface area contributed by atoms with Gasteiger partial charge in [0.2, 0.25) is 0 Å². The maximum Gasteiger partial charge on any atom is 0.331 e. The van der Waals surface area contributed by atoms with Gasteiger partial charge in [0.15, 0.2) is 6.04 Å². The van der Waals surface area contributed by atoms with Crippen LogP contribution in [0.25, 0.3) is 0 Å². The lowest BCUT2D eigenvalue weighted by atomic mass is 9.88. The third-order valence-corrected chi connectivity index (χ3v) is 5.11.